The summed E-state index contributed by atoms with van der Waals surface area (Å²) in [6, 6.07) is 0. The average Bonchev–Trinajstić information content (AvgIpc) is 2.29. The smallest absolute Gasteiger partial charge is 0.0738 e. The molecule has 0 amide bonds. The summed E-state index contributed by atoms with van der Waals surface area (Å²) in [4.78, 5) is 0. The summed E-state index contributed by atoms with van der Waals surface area (Å²) in [6.45, 7) is 5.69. The zero-order valence-corrected chi connectivity index (χ0v) is 12.5. The van der Waals surface area contributed by atoms with Crippen LogP contribution in [0.1, 0.15) is 25.2 Å². The summed E-state index contributed by atoms with van der Waals surface area (Å²) in [5.41, 5.74) is 7.32. The van der Waals surface area contributed by atoms with Crippen molar-refractivity contribution in [1.82, 2.24) is 9.78 Å². The molecule has 6 heteroatoms. The molecule has 0 aromatic carbocycles. The van der Waals surface area contributed by atoms with Crippen LogP contribution in [0.5, 0.6) is 0 Å². The summed E-state index contributed by atoms with van der Waals surface area (Å²) < 4.78 is 14.6. The molecule has 0 aliphatic carbocycles. The monoisotopic (exact) mass is 307 g/mol. The first kappa shape index (κ1) is 13.9. The summed E-state index contributed by atoms with van der Waals surface area (Å²) >= 11 is 3.46. The lowest BCUT2D eigenvalue weighted by atomic mass is 10.1. The molecule has 0 bridgehead atoms. The highest BCUT2D eigenvalue weighted by Crippen LogP contribution is 2.21. The van der Waals surface area contributed by atoms with Crippen LogP contribution >= 0.6 is 15.9 Å². The van der Waals surface area contributed by atoms with Gasteiger partial charge < -0.3 is 5.73 Å². The van der Waals surface area contributed by atoms with Gasteiger partial charge in [-0.3, -0.25) is 8.89 Å². The predicted molar refractivity (Wildman–Crippen MR) is 70.6 cm³/mol. The van der Waals surface area contributed by atoms with Crippen LogP contribution in [0.25, 0.3) is 0 Å². The van der Waals surface area contributed by atoms with Crippen molar-refractivity contribution in [3.05, 3.63) is 15.9 Å². The molecule has 0 spiro atoms. The fourth-order valence-corrected chi connectivity index (χ4v) is 3.69. The summed E-state index contributed by atoms with van der Waals surface area (Å²) in [7, 11) is 0.895. The van der Waals surface area contributed by atoms with Crippen molar-refractivity contribution in [2.45, 2.75) is 32.1 Å². The van der Waals surface area contributed by atoms with Crippen molar-refractivity contribution >= 4 is 26.7 Å². The van der Waals surface area contributed by atoms with Crippen molar-refractivity contribution in [2.24, 2.45) is 12.8 Å². The quantitative estimate of drug-likeness (QED) is 0.916. The van der Waals surface area contributed by atoms with Crippen molar-refractivity contribution in [1.29, 1.82) is 0 Å². The van der Waals surface area contributed by atoms with Gasteiger partial charge in [0.2, 0.25) is 0 Å². The number of nitrogens with two attached hydrogens (primary N) is 1. The maximum atomic E-state index is 11.9. The molecule has 92 valence electrons. The van der Waals surface area contributed by atoms with E-state index in [1.54, 1.807) is 4.68 Å². The van der Waals surface area contributed by atoms with E-state index in [4.69, 9.17) is 5.73 Å². The SMILES string of the molecule is Cc1nn(C)c(CS(=O)CC(C)(C)N)c1Br. The van der Waals surface area contributed by atoms with Crippen LogP contribution in [-0.4, -0.2) is 25.3 Å². The van der Waals surface area contributed by atoms with Crippen molar-refractivity contribution in [2.75, 3.05) is 5.75 Å². The second-order valence-electron chi connectivity index (χ2n) is 4.69. The summed E-state index contributed by atoms with van der Waals surface area (Å²) in [5, 5.41) is 4.26. The Bertz CT molecular complexity index is 409. The highest BCUT2D eigenvalue weighted by atomic mass is 79.9. The Hall–Kier alpha value is -0.200. The van der Waals surface area contributed by atoms with Gasteiger partial charge in [-0.1, -0.05) is 0 Å². The lowest BCUT2D eigenvalue weighted by molar-refractivity contribution is 0.576. The Kier molecular flexibility index (Phi) is 4.31. The van der Waals surface area contributed by atoms with E-state index in [2.05, 4.69) is 21.0 Å². The number of hydrogen-bond acceptors (Lipinski definition) is 3. The van der Waals surface area contributed by atoms with Gasteiger partial charge in [-0.05, 0) is 36.7 Å². The van der Waals surface area contributed by atoms with Crippen molar-refractivity contribution in [3.63, 3.8) is 0 Å². The molecule has 0 aliphatic rings. The number of hydrogen-bond donors (Lipinski definition) is 1. The summed E-state index contributed by atoms with van der Waals surface area (Å²) in [5.74, 6) is 0.974. The molecule has 1 rings (SSSR count). The standard InChI is InChI=1S/C10H18BrN3OS/c1-7-9(11)8(14(4)13-7)5-16(15)6-10(2,3)12/h5-6,12H2,1-4H3. The Morgan fingerprint density at radius 2 is 2.12 bits per heavy atom. The second-order valence-corrected chi connectivity index (χ2v) is 6.94. The number of halogens is 1. The van der Waals surface area contributed by atoms with Crippen molar-refractivity contribution in [3.8, 4) is 0 Å². The zero-order valence-electron chi connectivity index (χ0n) is 10.1. The predicted octanol–water partition coefficient (Wildman–Crippen LogP) is 1.48. The van der Waals surface area contributed by atoms with E-state index in [0.717, 1.165) is 15.9 Å². The number of rotatable bonds is 4. The molecular weight excluding hydrogens is 290 g/mol. The van der Waals surface area contributed by atoms with E-state index < -0.39 is 16.3 Å². The number of aromatic nitrogens is 2. The minimum Gasteiger partial charge on any atom is -0.325 e. The molecule has 1 aromatic heterocycles. The third-order valence-corrected chi connectivity index (χ3v) is 4.79. The van der Waals surface area contributed by atoms with Gasteiger partial charge in [0, 0.05) is 29.1 Å². The van der Waals surface area contributed by atoms with Crippen LogP contribution in [0.2, 0.25) is 0 Å². The van der Waals surface area contributed by atoms with Crippen LogP contribution in [0.4, 0.5) is 0 Å². The maximum absolute atomic E-state index is 11.9. The van der Waals surface area contributed by atoms with Crippen LogP contribution in [0.15, 0.2) is 4.47 Å². The molecule has 0 fully saturated rings. The first-order valence-electron chi connectivity index (χ1n) is 5.02. The molecular formula is C10H18BrN3OS. The van der Waals surface area contributed by atoms with Crippen LogP contribution in [0, 0.1) is 6.92 Å². The van der Waals surface area contributed by atoms with E-state index >= 15 is 0 Å². The zero-order chi connectivity index (χ0) is 12.5. The van der Waals surface area contributed by atoms with Crippen molar-refractivity contribution < 1.29 is 4.21 Å². The number of nitrogens with zero attached hydrogens (tertiary/aromatic N) is 2. The lowest BCUT2D eigenvalue weighted by Gasteiger charge is -2.17. The van der Waals surface area contributed by atoms with E-state index in [0.29, 0.717) is 11.5 Å². The van der Waals surface area contributed by atoms with Gasteiger partial charge >= 0.3 is 0 Å². The first-order valence-corrected chi connectivity index (χ1v) is 7.30. The van der Waals surface area contributed by atoms with Gasteiger partial charge in [-0.15, -0.1) is 0 Å². The molecule has 4 nitrogen and oxygen atoms in total. The fourth-order valence-electron chi connectivity index (χ4n) is 1.46. The highest BCUT2D eigenvalue weighted by Gasteiger charge is 2.18. The van der Waals surface area contributed by atoms with E-state index in [1.807, 2.05) is 27.8 Å². The van der Waals surface area contributed by atoms with Gasteiger partial charge in [-0.25, -0.2) is 0 Å². The van der Waals surface area contributed by atoms with E-state index in [1.165, 1.54) is 0 Å². The highest BCUT2D eigenvalue weighted by molar-refractivity contribution is 9.10. The maximum Gasteiger partial charge on any atom is 0.0738 e. The van der Waals surface area contributed by atoms with Gasteiger partial charge in [0.15, 0.2) is 0 Å². The van der Waals surface area contributed by atoms with Gasteiger partial charge in [0.05, 0.1) is 21.6 Å². The van der Waals surface area contributed by atoms with Gasteiger partial charge in [0.25, 0.3) is 0 Å². The fraction of sp³-hybridized carbons (Fsp3) is 0.700. The Morgan fingerprint density at radius 3 is 2.50 bits per heavy atom. The normalized spacial score (nSPS) is 14.1. The Morgan fingerprint density at radius 1 is 1.56 bits per heavy atom. The lowest BCUT2D eigenvalue weighted by Crippen LogP contribution is -2.38. The van der Waals surface area contributed by atoms with Crippen LogP contribution < -0.4 is 5.73 Å². The topological polar surface area (TPSA) is 60.9 Å². The molecule has 2 N–H and O–H groups in total. The van der Waals surface area contributed by atoms with E-state index in [9.17, 15) is 4.21 Å². The van der Waals surface area contributed by atoms with Gasteiger partial charge in [-0.2, -0.15) is 5.10 Å². The second kappa shape index (κ2) is 4.98. The van der Waals surface area contributed by atoms with Gasteiger partial charge in [0.1, 0.15) is 0 Å². The Labute approximate surface area is 107 Å². The molecule has 16 heavy (non-hydrogen) atoms. The molecule has 1 heterocycles. The molecule has 1 unspecified atom stereocenters. The third-order valence-electron chi connectivity index (χ3n) is 2.09. The largest absolute Gasteiger partial charge is 0.325 e. The molecule has 1 aromatic rings. The van der Waals surface area contributed by atoms with E-state index in [-0.39, 0.29) is 0 Å². The molecule has 1 atom stereocenters. The molecule has 0 saturated heterocycles. The average molecular weight is 308 g/mol. The molecule has 0 radical (unpaired) electrons. The molecule has 0 aliphatic heterocycles. The van der Waals surface area contributed by atoms with Crippen LogP contribution in [-0.2, 0) is 23.6 Å². The summed E-state index contributed by atoms with van der Waals surface area (Å²) in [6.07, 6.45) is 0. The third kappa shape index (κ3) is 3.68. The first-order chi connectivity index (χ1) is 7.20. The van der Waals surface area contributed by atoms with Crippen LogP contribution in [0.3, 0.4) is 0 Å². The molecule has 0 saturated carbocycles. The Balaban J connectivity index is 2.78. The number of aryl methyl sites for hydroxylation is 2. The minimum atomic E-state index is -0.964. The minimum absolute atomic E-state index is 0.398.